The van der Waals surface area contributed by atoms with Crippen molar-refractivity contribution in [2.45, 2.75) is 219 Å². The molecular weight excluding hydrogens is 741 g/mol. The topological polar surface area (TPSA) is 61.8 Å². The summed E-state index contributed by atoms with van der Waals surface area (Å²) in [7, 11) is 0. The molecule has 0 spiro atoms. The lowest BCUT2D eigenvalue weighted by Crippen LogP contribution is -2.30. The van der Waals surface area contributed by atoms with E-state index < -0.39 is 6.10 Å². The molecule has 1 unspecified atom stereocenters. The summed E-state index contributed by atoms with van der Waals surface area (Å²) in [6.07, 6.45) is 66.9. The number of hydrogen-bond donors (Lipinski definition) is 0. The first kappa shape index (κ1) is 56.8. The molecule has 5 heteroatoms. The highest BCUT2D eigenvalue weighted by Gasteiger charge is 2.17. The van der Waals surface area contributed by atoms with E-state index in [1.807, 2.05) is 0 Å². The summed E-state index contributed by atoms with van der Waals surface area (Å²) in [4.78, 5) is 25.3. The third-order valence-corrected chi connectivity index (χ3v) is 10.1. The molecule has 0 N–H and O–H groups in total. The summed E-state index contributed by atoms with van der Waals surface area (Å²) in [6.45, 7) is 7.54. The third-order valence-electron chi connectivity index (χ3n) is 10.1. The number of ether oxygens (including phenoxy) is 3. The lowest BCUT2D eigenvalue weighted by atomic mass is 10.1. The Morgan fingerprint density at radius 1 is 0.383 bits per heavy atom. The molecule has 0 amide bonds. The van der Waals surface area contributed by atoms with E-state index in [4.69, 9.17) is 14.2 Å². The van der Waals surface area contributed by atoms with Gasteiger partial charge in [-0.05, 0) is 96.3 Å². The first-order valence-corrected chi connectivity index (χ1v) is 24.8. The third kappa shape index (κ3) is 47.5. The Hall–Kier alpha value is -3.18. The minimum absolute atomic E-state index is 0.0588. The molecule has 0 bridgehead atoms. The van der Waals surface area contributed by atoms with E-state index in [0.29, 0.717) is 19.4 Å². The molecule has 0 radical (unpaired) electrons. The number of esters is 2. The Morgan fingerprint density at radius 2 is 0.750 bits per heavy atom. The van der Waals surface area contributed by atoms with Crippen molar-refractivity contribution in [2.75, 3.05) is 19.8 Å². The van der Waals surface area contributed by atoms with Gasteiger partial charge in [-0.2, -0.15) is 0 Å². The first-order chi connectivity index (χ1) is 29.6. The molecule has 0 aromatic rings. The van der Waals surface area contributed by atoms with Crippen LogP contribution in [-0.2, 0) is 23.8 Å². The molecule has 0 saturated carbocycles. The van der Waals surface area contributed by atoms with Gasteiger partial charge < -0.3 is 14.2 Å². The molecule has 0 aromatic heterocycles. The highest BCUT2D eigenvalue weighted by molar-refractivity contribution is 5.70. The number of allylic oxidation sites excluding steroid dienone is 16. The average molecular weight is 833 g/mol. The van der Waals surface area contributed by atoms with Crippen LogP contribution in [0.5, 0.6) is 0 Å². The second-order valence-electron chi connectivity index (χ2n) is 16.0. The van der Waals surface area contributed by atoms with Crippen molar-refractivity contribution in [1.82, 2.24) is 0 Å². The average Bonchev–Trinajstić information content (AvgIpc) is 3.25. The SMILES string of the molecule is CC/C=C\C/C=C\C/C=C\C/C=C\CCCCCCC(=O)OCC(COCCCCCCCCCCCC)OC(=O)CCCCCC/C=C\C/C=C\C/C=C\C/C=C\CC. The molecule has 5 nitrogen and oxygen atoms in total. The highest BCUT2D eigenvalue weighted by Crippen LogP contribution is 2.13. The van der Waals surface area contributed by atoms with E-state index in [1.54, 1.807) is 0 Å². The van der Waals surface area contributed by atoms with Crippen molar-refractivity contribution in [1.29, 1.82) is 0 Å². The van der Waals surface area contributed by atoms with Crippen molar-refractivity contribution in [3.05, 3.63) is 97.2 Å². The molecule has 0 aliphatic carbocycles. The van der Waals surface area contributed by atoms with Gasteiger partial charge in [-0.1, -0.05) is 201 Å². The van der Waals surface area contributed by atoms with Gasteiger partial charge in [0.2, 0.25) is 0 Å². The fraction of sp³-hybridized carbons (Fsp3) is 0.673. The number of carbonyl (C=O) groups is 2. The summed E-state index contributed by atoms with van der Waals surface area (Å²) in [5, 5.41) is 0. The van der Waals surface area contributed by atoms with Crippen LogP contribution in [-0.4, -0.2) is 37.9 Å². The Kier molecular flexibility index (Phi) is 47.5. The van der Waals surface area contributed by atoms with Gasteiger partial charge in [0.1, 0.15) is 6.61 Å². The maximum Gasteiger partial charge on any atom is 0.306 e. The summed E-state index contributed by atoms with van der Waals surface area (Å²) in [5.41, 5.74) is 0. The molecule has 0 heterocycles. The summed E-state index contributed by atoms with van der Waals surface area (Å²) in [5.74, 6) is -0.455. The highest BCUT2D eigenvalue weighted by atomic mass is 16.6. The monoisotopic (exact) mass is 833 g/mol. The molecule has 0 fully saturated rings. The van der Waals surface area contributed by atoms with Crippen molar-refractivity contribution < 1.29 is 23.8 Å². The second kappa shape index (κ2) is 50.2. The van der Waals surface area contributed by atoms with Crippen molar-refractivity contribution >= 4 is 11.9 Å². The maximum absolute atomic E-state index is 12.8. The smallest absolute Gasteiger partial charge is 0.306 e. The number of carbonyl (C=O) groups excluding carboxylic acids is 2. The van der Waals surface area contributed by atoms with E-state index in [1.165, 1.54) is 51.4 Å². The molecule has 0 aromatic carbocycles. The maximum atomic E-state index is 12.8. The van der Waals surface area contributed by atoms with Gasteiger partial charge in [-0.15, -0.1) is 0 Å². The number of rotatable bonds is 44. The van der Waals surface area contributed by atoms with Crippen LogP contribution >= 0.6 is 0 Å². The van der Waals surface area contributed by atoms with Crippen LogP contribution < -0.4 is 0 Å². The minimum atomic E-state index is -0.561. The second-order valence-corrected chi connectivity index (χ2v) is 16.0. The Bertz CT molecular complexity index is 1170. The van der Waals surface area contributed by atoms with Gasteiger partial charge in [0.15, 0.2) is 6.10 Å². The molecule has 60 heavy (non-hydrogen) atoms. The predicted octanol–water partition coefficient (Wildman–Crippen LogP) is 16.7. The van der Waals surface area contributed by atoms with Crippen molar-refractivity contribution in [3.8, 4) is 0 Å². The fourth-order valence-electron chi connectivity index (χ4n) is 6.49. The molecule has 0 rings (SSSR count). The van der Waals surface area contributed by atoms with Crippen LogP contribution in [0.25, 0.3) is 0 Å². The lowest BCUT2D eigenvalue weighted by Gasteiger charge is -2.18. The van der Waals surface area contributed by atoms with E-state index in [9.17, 15) is 9.59 Å². The normalized spacial score (nSPS) is 13.1. The largest absolute Gasteiger partial charge is 0.462 e. The van der Waals surface area contributed by atoms with Crippen LogP contribution in [0, 0.1) is 0 Å². The number of hydrogen-bond acceptors (Lipinski definition) is 5. The Labute approximate surface area is 371 Å². The number of unbranched alkanes of at least 4 members (excludes halogenated alkanes) is 17. The van der Waals surface area contributed by atoms with Gasteiger partial charge in [0, 0.05) is 19.4 Å². The van der Waals surface area contributed by atoms with Gasteiger partial charge in [-0.25, -0.2) is 0 Å². The lowest BCUT2D eigenvalue weighted by molar-refractivity contribution is -0.163. The Morgan fingerprint density at radius 3 is 1.20 bits per heavy atom. The van der Waals surface area contributed by atoms with Gasteiger partial charge >= 0.3 is 11.9 Å². The zero-order valence-corrected chi connectivity index (χ0v) is 39.2. The van der Waals surface area contributed by atoms with Gasteiger partial charge in [-0.3, -0.25) is 9.59 Å². The Balaban J connectivity index is 4.34. The molecule has 0 aliphatic heterocycles. The van der Waals surface area contributed by atoms with Gasteiger partial charge in [0.25, 0.3) is 0 Å². The minimum Gasteiger partial charge on any atom is -0.462 e. The zero-order chi connectivity index (χ0) is 43.5. The zero-order valence-electron chi connectivity index (χ0n) is 39.2. The van der Waals surface area contributed by atoms with E-state index in [0.717, 1.165) is 128 Å². The molecule has 1 atom stereocenters. The first-order valence-electron chi connectivity index (χ1n) is 24.8. The fourth-order valence-corrected chi connectivity index (χ4v) is 6.49. The van der Waals surface area contributed by atoms with E-state index in [-0.39, 0.29) is 25.2 Å². The standard InChI is InChI=1S/C55H92O5/c1-4-7-10-13-16-19-22-24-26-28-30-32-34-36-39-42-45-48-54(56)59-52-53(51-58-50-47-44-41-38-21-18-15-12-9-6-3)60-55(57)49-46-43-40-37-35-33-31-29-27-25-23-20-17-14-11-8-5-2/h7-8,10-11,16-17,19-20,24-27,30-33,53H,4-6,9,12-15,18,21-23,28-29,34-52H2,1-3H3/b10-7-,11-8-,19-16-,20-17-,26-24-,27-25-,32-30-,33-31-. The molecule has 0 saturated heterocycles. The quantitative estimate of drug-likeness (QED) is 0.0348. The van der Waals surface area contributed by atoms with Crippen LogP contribution in [0.15, 0.2) is 97.2 Å². The van der Waals surface area contributed by atoms with Crippen molar-refractivity contribution in [3.63, 3.8) is 0 Å². The van der Waals surface area contributed by atoms with Crippen LogP contribution in [0.3, 0.4) is 0 Å². The molecular formula is C55H92O5. The van der Waals surface area contributed by atoms with E-state index in [2.05, 4.69) is 118 Å². The van der Waals surface area contributed by atoms with Gasteiger partial charge in [0.05, 0.1) is 6.61 Å². The summed E-state index contributed by atoms with van der Waals surface area (Å²) < 4.78 is 17.3. The van der Waals surface area contributed by atoms with Crippen LogP contribution in [0.1, 0.15) is 213 Å². The van der Waals surface area contributed by atoms with Crippen LogP contribution in [0.4, 0.5) is 0 Å². The summed E-state index contributed by atoms with van der Waals surface area (Å²) >= 11 is 0. The summed E-state index contributed by atoms with van der Waals surface area (Å²) in [6, 6.07) is 0. The predicted molar refractivity (Wildman–Crippen MR) is 260 cm³/mol. The molecule has 0 aliphatic rings. The van der Waals surface area contributed by atoms with Crippen molar-refractivity contribution in [2.24, 2.45) is 0 Å². The van der Waals surface area contributed by atoms with Crippen LogP contribution in [0.2, 0.25) is 0 Å². The molecule has 342 valence electrons. The van der Waals surface area contributed by atoms with E-state index >= 15 is 0 Å².